The Morgan fingerprint density at radius 3 is 2.39 bits per heavy atom. The highest BCUT2D eigenvalue weighted by atomic mass is 19.1. The molecule has 160 valence electrons. The summed E-state index contributed by atoms with van der Waals surface area (Å²) in [5.74, 6) is -0.0533. The van der Waals surface area contributed by atoms with E-state index < -0.39 is 5.41 Å². The van der Waals surface area contributed by atoms with Crippen LogP contribution in [-0.2, 0) is 17.8 Å². The third-order valence-corrected chi connectivity index (χ3v) is 6.10. The van der Waals surface area contributed by atoms with Gasteiger partial charge in [-0.3, -0.25) is 14.7 Å². The molecule has 4 nitrogen and oxygen atoms in total. The minimum Gasteiger partial charge on any atom is -0.348 e. The van der Waals surface area contributed by atoms with Crippen LogP contribution in [0.15, 0.2) is 73.1 Å². The number of pyridine rings is 1. The Balaban J connectivity index is 1.52. The van der Waals surface area contributed by atoms with Crippen LogP contribution >= 0.6 is 0 Å². The molecule has 1 aliphatic rings. The summed E-state index contributed by atoms with van der Waals surface area (Å²) in [5, 5.41) is 0. The zero-order chi connectivity index (χ0) is 21.8. The van der Waals surface area contributed by atoms with Gasteiger partial charge >= 0.3 is 0 Å². The fraction of sp³-hybridized carbons (Fsp3) is 0.308. The Morgan fingerprint density at radius 2 is 1.74 bits per heavy atom. The van der Waals surface area contributed by atoms with Crippen molar-refractivity contribution in [3.8, 4) is 11.1 Å². The first kappa shape index (κ1) is 21.2. The van der Waals surface area contributed by atoms with Crippen molar-refractivity contribution in [2.24, 2.45) is 5.41 Å². The van der Waals surface area contributed by atoms with Gasteiger partial charge in [0.1, 0.15) is 5.82 Å². The molecule has 0 aliphatic carbocycles. The monoisotopic (exact) mass is 417 g/mol. The maximum atomic E-state index is 13.2. The number of rotatable bonds is 6. The van der Waals surface area contributed by atoms with Crippen LogP contribution in [0.4, 0.5) is 4.39 Å². The van der Waals surface area contributed by atoms with Gasteiger partial charge in [0.15, 0.2) is 0 Å². The topological polar surface area (TPSA) is 36.4 Å². The largest absolute Gasteiger partial charge is 0.348 e. The molecule has 0 saturated carbocycles. The van der Waals surface area contributed by atoms with E-state index in [0.29, 0.717) is 13.0 Å². The van der Waals surface area contributed by atoms with E-state index in [1.807, 2.05) is 44.6 Å². The average Bonchev–Trinajstić information content (AvgIpc) is 3.19. The van der Waals surface area contributed by atoms with Crippen molar-refractivity contribution in [3.63, 3.8) is 0 Å². The fourth-order valence-corrected chi connectivity index (χ4v) is 4.55. The zero-order valence-electron chi connectivity index (χ0n) is 18.1. The normalized spacial score (nSPS) is 18.8. The van der Waals surface area contributed by atoms with Crippen LogP contribution in [0.3, 0.4) is 0 Å². The highest BCUT2D eigenvalue weighted by Crippen LogP contribution is 2.37. The minimum atomic E-state index is -0.445. The van der Waals surface area contributed by atoms with Gasteiger partial charge in [-0.2, -0.15) is 0 Å². The molecular weight excluding hydrogens is 389 g/mol. The maximum absolute atomic E-state index is 13.2. The number of benzene rings is 2. The Hall–Kier alpha value is -3.05. The van der Waals surface area contributed by atoms with Crippen LogP contribution in [0.25, 0.3) is 11.1 Å². The van der Waals surface area contributed by atoms with E-state index >= 15 is 0 Å². The van der Waals surface area contributed by atoms with Gasteiger partial charge in [0.2, 0.25) is 5.91 Å². The third kappa shape index (κ3) is 4.83. The molecule has 1 aliphatic heterocycles. The molecule has 5 heteroatoms. The van der Waals surface area contributed by atoms with E-state index in [4.69, 9.17) is 0 Å². The van der Waals surface area contributed by atoms with E-state index in [1.165, 1.54) is 12.1 Å². The van der Waals surface area contributed by atoms with Crippen LogP contribution in [0.5, 0.6) is 0 Å². The van der Waals surface area contributed by atoms with Crippen molar-refractivity contribution < 1.29 is 9.18 Å². The summed E-state index contributed by atoms with van der Waals surface area (Å²) >= 11 is 0. The van der Waals surface area contributed by atoms with Gasteiger partial charge < -0.3 is 4.90 Å². The molecule has 0 radical (unpaired) electrons. The number of halogens is 1. The summed E-state index contributed by atoms with van der Waals surface area (Å²) in [6.07, 6.45) is 5.15. The number of nitrogens with zero attached hydrogens (tertiary/aromatic N) is 3. The van der Waals surface area contributed by atoms with Crippen molar-refractivity contribution in [1.29, 1.82) is 0 Å². The van der Waals surface area contributed by atoms with E-state index in [-0.39, 0.29) is 11.7 Å². The summed E-state index contributed by atoms with van der Waals surface area (Å²) in [5.41, 5.74) is 3.98. The predicted molar refractivity (Wildman–Crippen MR) is 121 cm³/mol. The summed E-state index contributed by atoms with van der Waals surface area (Å²) < 4.78 is 13.2. The average molecular weight is 418 g/mol. The van der Waals surface area contributed by atoms with Crippen LogP contribution in [0.2, 0.25) is 0 Å². The second-order valence-corrected chi connectivity index (χ2v) is 8.68. The number of hydrogen-bond acceptors (Lipinski definition) is 3. The smallest absolute Gasteiger partial charge is 0.229 e. The minimum absolute atomic E-state index is 0.172. The molecule has 2 heterocycles. The van der Waals surface area contributed by atoms with Crippen molar-refractivity contribution in [3.05, 3.63) is 90.0 Å². The number of carbonyl (C=O) groups is 1. The van der Waals surface area contributed by atoms with E-state index in [1.54, 1.807) is 11.1 Å². The second-order valence-electron chi connectivity index (χ2n) is 8.68. The molecule has 0 N–H and O–H groups in total. The maximum Gasteiger partial charge on any atom is 0.229 e. The van der Waals surface area contributed by atoms with Crippen LogP contribution in [0.1, 0.15) is 17.5 Å². The molecule has 0 unspecified atom stereocenters. The van der Waals surface area contributed by atoms with Gasteiger partial charge in [0, 0.05) is 39.6 Å². The molecular formula is C26H28FN3O. The predicted octanol–water partition coefficient (Wildman–Crippen LogP) is 4.41. The number of amides is 1. The van der Waals surface area contributed by atoms with Crippen molar-refractivity contribution in [1.82, 2.24) is 14.8 Å². The number of likely N-dealkylation sites (tertiary alicyclic amines) is 1. The van der Waals surface area contributed by atoms with Crippen molar-refractivity contribution >= 4 is 5.91 Å². The van der Waals surface area contributed by atoms with Gasteiger partial charge in [-0.1, -0.05) is 42.5 Å². The Kier molecular flexibility index (Phi) is 6.14. The summed E-state index contributed by atoms with van der Waals surface area (Å²) in [4.78, 5) is 21.5. The second kappa shape index (κ2) is 8.98. The van der Waals surface area contributed by atoms with Crippen LogP contribution < -0.4 is 0 Å². The molecule has 31 heavy (non-hydrogen) atoms. The first-order valence-electron chi connectivity index (χ1n) is 10.6. The standard InChI is InChI=1S/C26H28FN3O/c1-29(2)25(31)26(13-15-30(19-26)18-21-7-11-24(27)12-8-21)16-20-5-9-22(10-6-20)23-4-3-14-28-17-23/h3-12,14,17H,13,15-16,18-19H2,1-2H3/t26-/m0/s1. The SMILES string of the molecule is CN(C)C(=O)[C@]1(Cc2ccc(-c3cccnc3)cc2)CCN(Cc2ccc(F)cc2)C1. The van der Waals surface area contributed by atoms with Crippen molar-refractivity contribution in [2.75, 3.05) is 27.2 Å². The van der Waals surface area contributed by atoms with E-state index in [2.05, 4.69) is 34.1 Å². The molecule has 1 fully saturated rings. The van der Waals surface area contributed by atoms with Crippen molar-refractivity contribution in [2.45, 2.75) is 19.4 Å². The number of hydrogen-bond donors (Lipinski definition) is 0. The molecule has 1 amide bonds. The molecule has 3 aromatic rings. The van der Waals surface area contributed by atoms with Gasteiger partial charge in [-0.05, 0) is 59.8 Å². The fourth-order valence-electron chi connectivity index (χ4n) is 4.55. The lowest BCUT2D eigenvalue weighted by Crippen LogP contribution is -2.43. The Labute approximate surface area is 183 Å². The lowest BCUT2D eigenvalue weighted by molar-refractivity contribution is -0.138. The molecule has 0 bridgehead atoms. The number of aromatic nitrogens is 1. The highest BCUT2D eigenvalue weighted by Gasteiger charge is 2.45. The van der Waals surface area contributed by atoms with Crippen LogP contribution in [-0.4, -0.2) is 47.9 Å². The first-order chi connectivity index (χ1) is 14.9. The summed E-state index contributed by atoms with van der Waals surface area (Å²) in [7, 11) is 3.66. The summed E-state index contributed by atoms with van der Waals surface area (Å²) in [6.45, 7) is 2.28. The van der Waals surface area contributed by atoms with Gasteiger partial charge in [-0.15, -0.1) is 0 Å². The van der Waals surface area contributed by atoms with Gasteiger partial charge in [0.25, 0.3) is 0 Å². The van der Waals surface area contributed by atoms with Gasteiger partial charge in [0.05, 0.1) is 5.41 Å². The lowest BCUT2D eigenvalue weighted by Gasteiger charge is -2.31. The highest BCUT2D eigenvalue weighted by molar-refractivity contribution is 5.83. The Bertz CT molecular complexity index is 1020. The molecule has 0 spiro atoms. The van der Waals surface area contributed by atoms with E-state index in [9.17, 15) is 9.18 Å². The molecule has 2 aromatic carbocycles. The summed E-state index contributed by atoms with van der Waals surface area (Å²) in [6, 6.07) is 19.1. The first-order valence-corrected chi connectivity index (χ1v) is 10.6. The molecule has 1 saturated heterocycles. The van der Waals surface area contributed by atoms with Crippen LogP contribution in [0, 0.1) is 11.2 Å². The zero-order valence-corrected chi connectivity index (χ0v) is 18.1. The van der Waals surface area contributed by atoms with E-state index in [0.717, 1.165) is 41.8 Å². The molecule has 1 aromatic heterocycles. The number of carbonyl (C=O) groups excluding carboxylic acids is 1. The third-order valence-electron chi connectivity index (χ3n) is 6.10. The Morgan fingerprint density at radius 1 is 1.03 bits per heavy atom. The lowest BCUT2D eigenvalue weighted by atomic mass is 9.79. The molecule has 1 atom stereocenters. The molecule has 4 rings (SSSR count). The quantitative estimate of drug-likeness (QED) is 0.596. The van der Waals surface area contributed by atoms with Gasteiger partial charge in [-0.25, -0.2) is 4.39 Å².